The second kappa shape index (κ2) is 7.33. The summed E-state index contributed by atoms with van der Waals surface area (Å²) in [5, 5.41) is 3.47. The monoisotopic (exact) mass is 238 g/mol. The lowest BCUT2D eigenvalue weighted by atomic mass is 10.2. The van der Waals surface area contributed by atoms with E-state index in [2.05, 4.69) is 28.8 Å². The summed E-state index contributed by atoms with van der Waals surface area (Å²) in [4.78, 5) is 6.42. The molecule has 0 atom stereocenters. The molecule has 1 rings (SSSR count). The van der Waals surface area contributed by atoms with E-state index in [4.69, 9.17) is 0 Å². The molecule has 1 heterocycles. The van der Waals surface area contributed by atoms with Gasteiger partial charge in [-0.3, -0.25) is 0 Å². The van der Waals surface area contributed by atoms with Gasteiger partial charge in [0.2, 0.25) is 5.95 Å². The normalized spacial score (nSPS) is 10.8. The lowest BCUT2D eigenvalue weighted by molar-refractivity contribution is 0.586. The third-order valence-electron chi connectivity index (χ3n) is 2.97. The molecule has 0 aliphatic carbocycles. The van der Waals surface area contributed by atoms with Crippen LogP contribution in [0.5, 0.6) is 0 Å². The molecule has 0 bridgehead atoms. The first-order chi connectivity index (χ1) is 8.16. The first-order valence-electron chi connectivity index (χ1n) is 6.55. The third-order valence-corrected chi connectivity index (χ3v) is 2.97. The molecule has 0 aromatic carbocycles. The van der Waals surface area contributed by atoms with Crippen molar-refractivity contribution in [3.05, 3.63) is 11.9 Å². The van der Waals surface area contributed by atoms with Crippen LogP contribution in [0.25, 0.3) is 0 Å². The van der Waals surface area contributed by atoms with Gasteiger partial charge in [0.1, 0.15) is 0 Å². The molecule has 0 aliphatic heterocycles. The first-order valence-corrected chi connectivity index (χ1v) is 6.55. The molecule has 4 nitrogen and oxygen atoms in total. The van der Waals surface area contributed by atoms with E-state index in [9.17, 15) is 0 Å². The van der Waals surface area contributed by atoms with Crippen LogP contribution in [0.4, 0.5) is 5.95 Å². The van der Waals surface area contributed by atoms with E-state index < -0.39 is 0 Å². The summed E-state index contributed by atoms with van der Waals surface area (Å²) >= 11 is 0. The van der Waals surface area contributed by atoms with Crippen LogP contribution in [0, 0.1) is 0 Å². The molecule has 0 saturated heterocycles. The number of unbranched alkanes of at least 4 members (excludes halogenated alkanes) is 3. The highest BCUT2D eigenvalue weighted by Crippen LogP contribution is 2.10. The molecule has 0 aliphatic rings. The highest BCUT2D eigenvalue weighted by Gasteiger charge is 2.06. The first kappa shape index (κ1) is 14.0. The lowest BCUT2D eigenvalue weighted by Gasteiger charge is -2.12. The van der Waals surface area contributed by atoms with Crippen molar-refractivity contribution in [2.24, 2.45) is 7.05 Å². The SMILES string of the molecule is CCCCCCNCc1cnc(N(C)C)n1C. The van der Waals surface area contributed by atoms with Gasteiger partial charge >= 0.3 is 0 Å². The summed E-state index contributed by atoms with van der Waals surface area (Å²) in [5.74, 6) is 1.01. The molecule has 17 heavy (non-hydrogen) atoms. The molecule has 0 fully saturated rings. The number of anilines is 1. The van der Waals surface area contributed by atoms with Crippen LogP contribution >= 0.6 is 0 Å². The fourth-order valence-electron chi connectivity index (χ4n) is 1.91. The number of nitrogens with one attached hydrogen (secondary N) is 1. The van der Waals surface area contributed by atoms with Crippen LogP contribution in [0.1, 0.15) is 38.3 Å². The molecule has 0 amide bonds. The zero-order valence-corrected chi connectivity index (χ0v) is 11.7. The van der Waals surface area contributed by atoms with Gasteiger partial charge in [-0.05, 0) is 13.0 Å². The maximum absolute atomic E-state index is 4.39. The molecule has 1 aromatic heterocycles. The second-order valence-electron chi connectivity index (χ2n) is 4.74. The molecule has 98 valence electrons. The second-order valence-corrected chi connectivity index (χ2v) is 4.74. The highest BCUT2D eigenvalue weighted by molar-refractivity contribution is 5.30. The Morgan fingerprint density at radius 1 is 1.29 bits per heavy atom. The number of imidazole rings is 1. The van der Waals surface area contributed by atoms with Crippen molar-refractivity contribution in [2.75, 3.05) is 25.5 Å². The molecule has 4 heteroatoms. The van der Waals surface area contributed by atoms with E-state index >= 15 is 0 Å². The third kappa shape index (κ3) is 4.38. The molecule has 0 spiro atoms. The summed E-state index contributed by atoms with van der Waals surface area (Å²) in [6, 6.07) is 0. The average molecular weight is 238 g/mol. The molecule has 0 unspecified atom stereocenters. The Labute approximate surface area is 105 Å². The fourth-order valence-corrected chi connectivity index (χ4v) is 1.91. The number of nitrogens with zero attached hydrogens (tertiary/aromatic N) is 3. The summed E-state index contributed by atoms with van der Waals surface area (Å²) in [7, 11) is 6.10. The van der Waals surface area contributed by atoms with Gasteiger partial charge in [0.25, 0.3) is 0 Å². The average Bonchev–Trinajstić information content (AvgIpc) is 2.65. The van der Waals surface area contributed by atoms with Crippen LogP contribution in [0.15, 0.2) is 6.20 Å². The van der Waals surface area contributed by atoms with Gasteiger partial charge in [0.15, 0.2) is 0 Å². The standard InChI is InChI=1S/C13H26N4/c1-5-6-7-8-9-14-10-12-11-15-13(16(2)3)17(12)4/h11,14H,5-10H2,1-4H3. The van der Waals surface area contributed by atoms with Gasteiger partial charge in [0.05, 0.1) is 11.9 Å². The van der Waals surface area contributed by atoms with E-state index in [-0.39, 0.29) is 0 Å². The Morgan fingerprint density at radius 3 is 2.65 bits per heavy atom. The van der Waals surface area contributed by atoms with Gasteiger partial charge in [-0.15, -0.1) is 0 Å². The van der Waals surface area contributed by atoms with Crippen LogP contribution in [0.3, 0.4) is 0 Å². The summed E-state index contributed by atoms with van der Waals surface area (Å²) in [5.41, 5.74) is 1.24. The van der Waals surface area contributed by atoms with Gasteiger partial charge in [0, 0.05) is 27.7 Å². The van der Waals surface area contributed by atoms with Crippen molar-refractivity contribution in [3.8, 4) is 0 Å². The molecule has 0 saturated carbocycles. The van der Waals surface area contributed by atoms with Gasteiger partial charge in [-0.25, -0.2) is 4.98 Å². The summed E-state index contributed by atoms with van der Waals surface area (Å²) < 4.78 is 2.14. The largest absolute Gasteiger partial charge is 0.348 e. The van der Waals surface area contributed by atoms with Crippen LogP contribution in [-0.2, 0) is 13.6 Å². The topological polar surface area (TPSA) is 33.1 Å². The van der Waals surface area contributed by atoms with Crippen molar-refractivity contribution >= 4 is 5.95 Å². The minimum absolute atomic E-state index is 0.906. The Balaban J connectivity index is 2.27. The minimum atomic E-state index is 0.906. The van der Waals surface area contributed by atoms with Crippen molar-refractivity contribution in [3.63, 3.8) is 0 Å². The van der Waals surface area contributed by atoms with Crippen LogP contribution in [0.2, 0.25) is 0 Å². The predicted octanol–water partition coefficient (Wildman–Crippen LogP) is 2.16. The molecule has 1 aromatic rings. The van der Waals surface area contributed by atoms with E-state index in [1.165, 1.54) is 31.4 Å². The molecular formula is C13H26N4. The quantitative estimate of drug-likeness (QED) is 0.705. The Hall–Kier alpha value is -1.03. The fraction of sp³-hybridized carbons (Fsp3) is 0.769. The van der Waals surface area contributed by atoms with Crippen molar-refractivity contribution in [2.45, 2.75) is 39.2 Å². The van der Waals surface area contributed by atoms with E-state index in [1.807, 2.05) is 25.2 Å². The summed E-state index contributed by atoms with van der Waals surface area (Å²) in [6.45, 7) is 4.25. The van der Waals surface area contributed by atoms with Crippen LogP contribution < -0.4 is 10.2 Å². The highest BCUT2D eigenvalue weighted by atomic mass is 15.3. The molecule has 0 radical (unpaired) electrons. The number of aromatic nitrogens is 2. The lowest BCUT2D eigenvalue weighted by Crippen LogP contribution is -2.19. The Kier molecular flexibility index (Phi) is 6.05. The zero-order valence-electron chi connectivity index (χ0n) is 11.7. The Bertz CT molecular complexity index is 317. The molecular weight excluding hydrogens is 212 g/mol. The number of hydrogen-bond acceptors (Lipinski definition) is 3. The maximum Gasteiger partial charge on any atom is 0.204 e. The summed E-state index contributed by atoms with van der Waals surface area (Å²) in [6.07, 6.45) is 7.20. The smallest absolute Gasteiger partial charge is 0.204 e. The number of rotatable bonds is 8. The minimum Gasteiger partial charge on any atom is -0.348 e. The van der Waals surface area contributed by atoms with Crippen molar-refractivity contribution < 1.29 is 0 Å². The van der Waals surface area contributed by atoms with Crippen molar-refractivity contribution in [1.29, 1.82) is 0 Å². The van der Waals surface area contributed by atoms with Gasteiger partial charge < -0.3 is 14.8 Å². The van der Waals surface area contributed by atoms with Crippen molar-refractivity contribution in [1.82, 2.24) is 14.9 Å². The van der Waals surface area contributed by atoms with E-state index in [0.717, 1.165) is 19.0 Å². The number of hydrogen-bond donors (Lipinski definition) is 1. The van der Waals surface area contributed by atoms with E-state index in [1.54, 1.807) is 0 Å². The maximum atomic E-state index is 4.39. The zero-order chi connectivity index (χ0) is 12.7. The van der Waals surface area contributed by atoms with E-state index in [0.29, 0.717) is 0 Å². The van der Waals surface area contributed by atoms with Gasteiger partial charge in [-0.2, -0.15) is 0 Å². The van der Waals surface area contributed by atoms with Crippen LogP contribution in [-0.4, -0.2) is 30.2 Å². The Morgan fingerprint density at radius 2 is 2.06 bits per heavy atom. The van der Waals surface area contributed by atoms with Gasteiger partial charge in [-0.1, -0.05) is 26.2 Å². The predicted molar refractivity (Wildman–Crippen MR) is 73.4 cm³/mol. The molecule has 1 N–H and O–H groups in total.